The van der Waals surface area contributed by atoms with E-state index in [0.29, 0.717) is 6.54 Å². The molecule has 0 bridgehead atoms. The first-order valence-electron chi connectivity index (χ1n) is 7.25. The maximum atomic E-state index is 5.96. The second-order valence-electron chi connectivity index (χ2n) is 5.34. The number of hydrogen-bond acceptors (Lipinski definition) is 3. The van der Waals surface area contributed by atoms with Crippen LogP contribution in [0.3, 0.4) is 0 Å². The summed E-state index contributed by atoms with van der Waals surface area (Å²) in [6.45, 7) is 9.03. The minimum Gasteiger partial charge on any atom is -0.547 e. The Hall–Kier alpha value is -1.94. The Bertz CT molecular complexity index is 638. The number of benzene rings is 1. The molecule has 2 rings (SSSR count). The first-order chi connectivity index (χ1) is 10.1. The van der Waals surface area contributed by atoms with Crippen LogP contribution in [0.25, 0.3) is 0 Å². The lowest BCUT2D eigenvalue weighted by Gasteiger charge is -2.13. The average molecular weight is 298 g/mol. The smallest absolute Gasteiger partial charge is 0.229 e. The molecule has 0 N–H and O–H groups in total. The maximum Gasteiger partial charge on any atom is 0.229 e. The van der Waals surface area contributed by atoms with E-state index in [2.05, 4.69) is 42.1 Å². The number of rotatable bonds is 5. The minimum absolute atomic E-state index is 0.624. The van der Waals surface area contributed by atoms with Gasteiger partial charge < -0.3 is 4.43 Å². The van der Waals surface area contributed by atoms with Crippen LogP contribution >= 0.6 is 0 Å². The molecular formula is C17H22N2OSi. The van der Waals surface area contributed by atoms with E-state index in [4.69, 9.17) is 4.43 Å². The molecule has 21 heavy (non-hydrogen) atoms. The van der Waals surface area contributed by atoms with Crippen LogP contribution in [0.4, 0.5) is 0 Å². The molecule has 0 amide bonds. The predicted molar refractivity (Wildman–Crippen MR) is 90.8 cm³/mol. The SMILES string of the molecule is CC(=NCc1ccccc1O[SiH](C)C)c1ncccc1C. The lowest BCUT2D eigenvalue weighted by molar-refractivity contribution is 0.571. The third kappa shape index (κ3) is 4.26. The van der Waals surface area contributed by atoms with Crippen LogP contribution in [-0.2, 0) is 6.54 Å². The molecule has 1 aromatic carbocycles. The summed E-state index contributed by atoms with van der Waals surface area (Å²) in [4.78, 5) is 9.09. The number of aromatic nitrogens is 1. The average Bonchev–Trinajstić information content (AvgIpc) is 2.46. The largest absolute Gasteiger partial charge is 0.547 e. The van der Waals surface area contributed by atoms with Crippen molar-refractivity contribution in [2.75, 3.05) is 0 Å². The van der Waals surface area contributed by atoms with E-state index in [0.717, 1.165) is 28.3 Å². The molecule has 0 saturated carbocycles. The summed E-state index contributed by atoms with van der Waals surface area (Å²) >= 11 is 0. The van der Waals surface area contributed by atoms with Crippen molar-refractivity contribution in [3.05, 3.63) is 59.4 Å². The Kier molecular flexibility index (Phi) is 5.28. The number of hydrogen-bond donors (Lipinski definition) is 0. The maximum absolute atomic E-state index is 5.96. The Morgan fingerprint density at radius 2 is 1.95 bits per heavy atom. The van der Waals surface area contributed by atoms with Gasteiger partial charge >= 0.3 is 0 Å². The highest BCUT2D eigenvalue weighted by molar-refractivity contribution is 6.49. The highest BCUT2D eigenvalue weighted by Gasteiger charge is 2.06. The first-order valence-corrected chi connectivity index (χ1v) is 10.0. The fourth-order valence-electron chi connectivity index (χ4n) is 2.15. The van der Waals surface area contributed by atoms with Crippen LogP contribution in [0, 0.1) is 6.92 Å². The summed E-state index contributed by atoms with van der Waals surface area (Å²) in [5.74, 6) is 0.966. The molecule has 0 radical (unpaired) electrons. The fraction of sp³-hybridized carbons (Fsp3) is 0.294. The van der Waals surface area contributed by atoms with Crippen molar-refractivity contribution in [3.8, 4) is 5.75 Å². The van der Waals surface area contributed by atoms with Crippen LogP contribution < -0.4 is 4.43 Å². The third-order valence-corrected chi connectivity index (χ3v) is 3.90. The van der Waals surface area contributed by atoms with Crippen molar-refractivity contribution >= 4 is 14.8 Å². The molecule has 0 aliphatic carbocycles. The van der Waals surface area contributed by atoms with Crippen LogP contribution in [0.15, 0.2) is 47.6 Å². The molecule has 1 heterocycles. The van der Waals surface area contributed by atoms with E-state index in [1.54, 1.807) is 0 Å². The molecule has 0 fully saturated rings. The van der Waals surface area contributed by atoms with Gasteiger partial charge in [0, 0.05) is 11.8 Å². The van der Waals surface area contributed by atoms with Crippen LogP contribution in [0.1, 0.15) is 23.7 Å². The molecule has 2 aromatic rings. The summed E-state index contributed by atoms with van der Waals surface area (Å²) in [5, 5.41) is 0. The second-order valence-corrected chi connectivity index (χ2v) is 7.68. The normalized spacial score (nSPS) is 11.8. The molecule has 0 aliphatic rings. The Morgan fingerprint density at radius 3 is 2.67 bits per heavy atom. The van der Waals surface area contributed by atoms with Gasteiger partial charge in [-0.2, -0.15) is 0 Å². The lowest BCUT2D eigenvalue weighted by Crippen LogP contribution is -2.12. The van der Waals surface area contributed by atoms with Gasteiger partial charge in [-0.15, -0.1) is 0 Å². The van der Waals surface area contributed by atoms with Crippen LogP contribution in [0.2, 0.25) is 13.1 Å². The highest BCUT2D eigenvalue weighted by Crippen LogP contribution is 2.20. The summed E-state index contributed by atoms with van der Waals surface area (Å²) in [6, 6.07) is 12.1. The fourth-order valence-corrected chi connectivity index (χ4v) is 2.88. The van der Waals surface area contributed by atoms with E-state index < -0.39 is 9.04 Å². The number of aliphatic imine (C=N–C) groups is 1. The molecule has 0 unspecified atom stereocenters. The van der Waals surface area contributed by atoms with Gasteiger partial charge in [-0.05, 0) is 44.6 Å². The number of pyridine rings is 1. The molecule has 0 saturated heterocycles. The zero-order chi connectivity index (χ0) is 15.2. The quantitative estimate of drug-likeness (QED) is 0.622. The second kappa shape index (κ2) is 7.18. The minimum atomic E-state index is -1.10. The van der Waals surface area contributed by atoms with Gasteiger partial charge in [-0.1, -0.05) is 24.3 Å². The Morgan fingerprint density at radius 1 is 1.19 bits per heavy atom. The number of para-hydroxylation sites is 1. The van der Waals surface area contributed by atoms with Crippen molar-refractivity contribution in [1.82, 2.24) is 4.98 Å². The molecule has 110 valence electrons. The monoisotopic (exact) mass is 298 g/mol. The van der Waals surface area contributed by atoms with E-state index in [1.165, 1.54) is 0 Å². The third-order valence-electron chi connectivity index (χ3n) is 3.17. The van der Waals surface area contributed by atoms with Crippen molar-refractivity contribution < 1.29 is 4.43 Å². The molecular weight excluding hydrogens is 276 g/mol. The molecule has 3 nitrogen and oxygen atoms in total. The molecule has 0 spiro atoms. The van der Waals surface area contributed by atoms with E-state index in [9.17, 15) is 0 Å². The van der Waals surface area contributed by atoms with Crippen LogP contribution in [0.5, 0.6) is 5.75 Å². The van der Waals surface area contributed by atoms with Gasteiger partial charge in [0.25, 0.3) is 0 Å². The zero-order valence-electron chi connectivity index (χ0n) is 13.1. The first kappa shape index (κ1) is 15.4. The van der Waals surface area contributed by atoms with E-state index in [-0.39, 0.29) is 0 Å². The Labute approximate surface area is 128 Å². The van der Waals surface area contributed by atoms with Gasteiger partial charge in [-0.25, -0.2) is 0 Å². The number of aryl methyl sites for hydroxylation is 1. The van der Waals surface area contributed by atoms with Gasteiger partial charge in [0.1, 0.15) is 5.75 Å². The van der Waals surface area contributed by atoms with Crippen molar-refractivity contribution in [2.45, 2.75) is 33.5 Å². The van der Waals surface area contributed by atoms with Gasteiger partial charge in [0.2, 0.25) is 9.04 Å². The highest BCUT2D eigenvalue weighted by atomic mass is 28.3. The molecule has 0 aliphatic heterocycles. The molecule has 0 atom stereocenters. The summed E-state index contributed by atoms with van der Waals surface area (Å²) < 4.78 is 5.96. The predicted octanol–water partition coefficient (Wildman–Crippen LogP) is 3.76. The van der Waals surface area contributed by atoms with Crippen LogP contribution in [-0.4, -0.2) is 19.7 Å². The zero-order valence-corrected chi connectivity index (χ0v) is 14.3. The number of nitrogens with zero attached hydrogens (tertiary/aromatic N) is 2. The van der Waals surface area contributed by atoms with Crippen molar-refractivity contribution in [2.24, 2.45) is 4.99 Å². The lowest BCUT2D eigenvalue weighted by atomic mass is 10.1. The topological polar surface area (TPSA) is 34.5 Å². The Balaban J connectivity index is 2.19. The summed E-state index contributed by atoms with van der Waals surface area (Å²) in [6.07, 6.45) is 1.81. The van der Waals surface area contributed by atoms with E-state index >= 15 is 0 Å². The van der Waals surface area contributed by atoms with Gasteiger partial charge in [-0.3, -0.25) is 9.98 Å². The standard InChI is InChI=1S/C17H22N2OSi/c1-13-8-7-11-18-17(13)14(2)19-12-15-9-5-6-10-16(15)20-21(3)4/h5-11,21H,12H2,1-4H3. The van der Waals surface area contributed by atoms with Gasteiger partial charge in [0.05, 0.1) is 18.0 Å². The van der Waals surface area contributed by atoms with Crippen molar-refractivity contribution in [3.63, 3.8) is 0 Å². The molecule has 1 aromatic heterocycles. The summed E-state index contributed by atoms with van der Waals surface area (Å²) in [5.41, 5.74) is 4.21. The van der Waals surface area contributed by atoms with Crippen molar-refractivity contribution in [1.29, 1.82) is 0 Å². The summed E-state index contributed by atoms with van der Waals surface area (Å²) in [7, 11) is -1.10. The van der Waals surface area contributed by atoms with E-state index in [1.807, 2.05) is 37.4 Å². The van der Waals surface area contributed by atoms with Gasteiger partial charge in [0.15, 0.2) is 0 Å². The molecule has 4 heteroatoms.